The fraction of sp³-hybridized carbons (Fsp3) is 0.0714. The van der Waals surface area contributed by atoms with Crippen molar-refractivity contribution in [3.63, 3.8) is 0 Å². The summed E-state index contributed by atoms with van der Waals surface area (Å²) in [6.07, 6.45) is 4.67. The van der Waals surface area contributed by atoms with Crippen molar-refractivity contribution in [2.24, 2.45) is 0 Å². The number of rotatable bonds is 4. The van der Waals surface area contributed by atoms with Gasteiger partial charge < -0.3 is 9.73 Å². The third kappa shape index (κ3) is 3.65. The lowest BCUT2D eigenvalue weighted by molar-refractivity contribution is -0.116. The average Bonchev–Trinajstić information content (AvgIpc) is 2.88. The Morgan fingerprint density at radius 3 is 2.71 bits per heavy atom. The minimum absolute atomic E-state index is 0.134. The number of furan rings is 1. The lowest BCUT2D eigenvalue weighted by Crippen LogP contribution is -2.20. The maximum Gasteiger partial charge on any atom is 0.244 e. The first-order chi connectivity index (χ1) is 8.34. The Kier molecular flexibility index (Phi) is 3.76. The zero-order valence-corrected chi connectivity index (χ0v) is 9.30. The number of amides is 1. The Hall–Kier alpha value is -2.29. The molecule has 17 heavy (non-hydrogen) atoms. The quantitative estimate of drug-likeness (QED) is 0.816. The topological polar surface area (TPSA) is 42.2 Å². The van der Waals surface area contributed by atoms with Gasteiger partial charge in [0.05, 0.1) is 6.26 Å². The van der Waals surface area contributed by atoms with E-state index in [0.29, 0.717) is 12.3 Å². The van der Waals surface area contributed by atoms with E-state index in [2.05, 4.69) is 5.32 Å². The molecule has 1 heterocycles. The fourth-order valence-electron chi connectivity index (χ4n) is 1.39. The number of nitrogens with one attached hydrogen (secondary N) is 1. The van der Waals surface area contributed by atoms with Gasteiger partial charge in [-0.15, -0.1) is 0 Å². The minimum atomic E-state index is -0.134. The molecule has 0 fully saturated rings. The molecule has 2 rings (SSSR count). The van der Waals surface area contributed by atoms with Crippen molar-refractivity contribution in [2.75, 3.05) is 0 Å². The first-order valence-electron chi connectivity index (χ1n) is 5.38. The van der Waals surface area contributed by atoms with Gasteiger partial charge in [0.1, 0.15) is 5.76 Å². The molecule has 1 amide bonds. The zero-order chi connectivity index (χ0) is 11.9. The van der Waals surface area contributed by atoms with Crippen LogP contribution in [0.5, 0.6) is 0 Å². The molecule has 86 valence electrons. The van der Waals surface area contributed by atoms with Crippen molar-refractivity contribution in [1.29, 1.82) is 0 Å². The van der Waals surface area contributed by atoms with Crippen LogP contribution in [0.1, 0.15) is 11.3 Å². The van der Waals surface area contributed by atoms with E-state index in [1.807, 2.05) is 30.3 Å². The Bertz CT molecular complexity index is 486. The summed E-state index contributed by atoms with van der Waals surface area (Å²) in [6.45, 7) is 0.530. The number of hydrogen-bond acceptors (Lipinski definition) is 2. The highest BCUT2D eigenvalue weighted by atomic mass is 16.3. The lowest BCUT2D eigenvalue weighted by atomic mass is 10.2. The van der Waals surface area contributed by atoms with Gasteiger partial charge in [0.25, 0.3) is 0 Å². The molecule has 0 saturated heterocycles. The lowest BCUT2D eigenvalue weighted by Gasteiger charge is -2.01. The maximum absolute atomic E-state index is 11.5. The first-order valence-corrected chi connectivity index (χ1v) is 5.38. The highest BCUT2D eigenvalue weighted by Gasteiger charge is 1.96. The molecule has 0 bridgehead atoms. The summed E-state index contributed by atoms with van der Waals surface area (Å²) >= 11 is 0. The number of carbonyl (C=O) groups is 1. The van der Waals surface area contributed by atoms with Gasteiger partial charge in [-0.05, 0) is 23.8 Å². The van der Waals surface area contributed by atoms with Gasteiger partial charge in [-0.2, -0.15) is 0 Å². The molecule has 1 aromatic carbocycles. The summed E-state index contributed by atoms with van der Waals surface area (Å²) in [6, 6.07) is 13.3. The first kappa shape index (κ1) is 11.2. The molecule has 1 aromatic heterocycles. The van der Waals surface area contributed by atoms with Gasteiger partial charge in [0.15, 0.2) is 0 Å². The number of benzene rings is 1. The van der Waals surface area contributed by atoms with Gasteiger partial charge in [0, 0.05) is 12.6 Å². The van der Waals surface area contributed by atoms with Gasteiger partial charge in [-0.25, -0.2) is 0 Å². The van der Waals surface area contributed by atoms with E-state index in [9.17, 15) is 4.79 Å². The van der Waals surface area contributed by atoms with Crippen LogP contribution in [0.25, 0.3) is 6.08 Å². The van der Waals surface area contributed by atoms with E-state index < -0.39 is 0 Å². The summed E-state index contributed by atoms with van der Waals surface area (Å²) in [4.78, 5) is 11.5. The van der Waals surface area contributed by atoms with E-state index in [1.54, 1.807) is 24.5 Å². The normalized spacial score (nSPS) is 10.6. The van der Waals surface area contributed by atoms with Crippen molar-refractivity contribution < 1.29 is 9.21 Å². The van der Waals surface area contributed by atoms with E-state index in [-0.39, 0.29) is 5.91 Å². The van der Waals surface area contributed by atoms with Crippen molar-refractivity contribution in [3.05, 3.63) is 66.1 Å². The zero-order valence-electron chi connectivity index (χ0n) is 9.30. The molecule has 0 spiro atoms. The van der Waals surface area contributed by atoms with Gasteiger partial charge in [-0.3, -0.25) is 4.79 Å². The summed E-state index contributed by atoms with van der Waals surface area (Å²) in [5, 5.41) is 2.79. The van der Waals surface area contributed by atoms with E-state index in [0.717, 1.165) is 5.56 Å². The number of hydrogen-bond donors (Lipinski definition) is 1. The molecule has 0 radical (unpaired) electrons. The molecule has 0 aliphatic carbocycles. The second-order valence-electron chi connectivity index (χ2n) is 3.55. The van der Waals surface area contributed by atoms with E-state index >= 15 is 0 Å². The van der Waals surface area contributed by atoms with Crippen molar-refractivity contribution in [1.82, 2.24) is 5.32 Å². The highest BCUT2D eigenvalue weighted by molar-refractivity contribution is 5.91. The summed E-state index contributed by atoms with van der Waals surface area (Å²) in [5.74, 6) is 0.533. The van der Waals surface area contributed by atoms with E-state index in [1.165, 1.54) is 6.08 Å². The predicted molar refractivity (Wildman–Crippen MR) is 66.0 cm³/mol. The van der Waals surface area contributed by atoms with Crippen LogP contribution in [-0.2, 0) is 11.3 Å². The van der Waals surface area contributed by atoms with Crippen LogP contribution >= 0.6 is 0 Å². The Labute approximate surface area is 99.8 Å². The Morgan fingerprint density at radius 2 is 2.00 bits per heavy atom. The van der Waals surface area contributed by atoms with Crippen LogP contribution in [-0.4, -0.2) is 5.91 Å². The van der Waals surface area contributed by atoms with Crippen LogP contribution in [0.4, 0.5) is 0 Å². The third-order valence-corrected chi connectivity index (χ3v) is 2.25. The molecule has 0 unspecified atom stereocenters. The van der Waals surface area contributed by atoms with Crippen LogP contribution in [0.15, 0.2) is 59.2 Å². The van der Waals surface area contributed by atoms with E-state index in [4.69, 9.17) is 4.42 Å². The molecule has 3 nitrogen and oxygen atoms in total. The van der Waals surface area contributed by atoms with Crippen molar-refractivity contribution in [2.45, 2.75) is 6.54 Å². The highest BCUT2D eigenvalue weighted by Crippen LogP contribution is 2.02. The molecule has 0 aliphatic rings. The SMILES string of the molecule is O=C(/C=C\c1ccco1)NCc1ccccc1. The van der Waals surface area contributed by atoms with Crippen LogP contribution in [0.2, 0.25) is 0 Å². The smallest absolute Gasteiger partial charge is 0.244 e. The van der Waals surface area contributed by atoms with Gasteiger partial charge in [-0.1, -0.05) is 30.3 Å². The maximum atomic E-state index is 11.5. The molecule has 2 aromatic rings. The Balaban J connectivity index is 1.82. The van der Waals surface area contributed by atoms with Crippen LogP contribution in [0, 0.1) is 0 Å². The van der Waals surface area contributed by atoms with Gasteiger partial charge >= 0.3 is 0 Å². The summed E-state index contributed by atoms with van der Waals surface area (Å²) in [5.41, 5.74) is 1.08. The predicted octanol–water partition coefficient (Wildman–Crippen LogP) is 2.61. The molecule has 1 N–H and O–H groups in total. The summed E-state index contributed by atoms with van der Waals surface area (Å²) < 4.78 is 5.08. The van der Waals surface area contributed by atoms with Crippen molar-refractivity contribution >= 4 is 12.0 Å². The molecular formula is C14H13NO2. The third-order valence-electron chi connectivity index (χ3n) is 2.25. The van der Waals surface area contributed by atoms with Gasteiger partial charge in [0.2, 0.25) is 5.91 Å². The molecule has 0 atom stereocenters. The standard InChI is InChI=1S/C14H13NO2/c16-14(9-8-13-7-4-10-17-13)15-11-12-5-2-1-3-6-12/h1-10H,11H2,(H,15,16)/b9-8-. The minimum Gasteiger partial charge on any atom is -0.465 e. The second-order valence-corrected chi connectivity index (χ2v) is 3.55. The monoisotopic (exact) mass is 227 g/mol. The fourth-order valence-corrected chi connectivity index (χ4v) is 1.39. The summed E-state index contributed by atoms with van der Waals surface area (Å²) in [7, 11) is 0. The number of carbonyl (C=O) groups excluding carboxylic acids is 1. The molecule has 0 saturated carbocycles. The second kappa shape index (κ2) is 5.70. The van der Waals surface area contributed by atoms with Crippen LogP contribution < -0.4 is 5.32 Å². The van der Waals surface area contributed by atoms with Crippen molar-refractivity contribution in [3.8, 4) is 0 Å². The molecule has 0 aliphatic heterocycles. The van der Waals surface area contributed by atoms with Crippen LogP contribution in [0.3, 0.4) is 0 Å². The average molecular weight is 227 g/mol. The molecule has 3 heteroatoms. The Morgan fingerprint density at radius 1 is 1.18 bits per heavy atom. The molecular weight excluding hydrogens is 214 g/mol. The largest absolute Gasteiger partial charge is 0.465 e.